The van der Waals surface area contributed by atoms with Crippen molar-refractivity contribution in [2.75, 3.05) is 6.54 Å². The topological polar surface area (TPSA) is 62.2 Å². The number of nitrogens with one attached hydrogen (secondary N) is 1. The maximum Gasteiger partial charge on any atom is 0.270 e. The molecule has 82 valence electrons. The number of nitrogens with zero attached hydrogens (tertiary/aromatic N) is 1. The van der Waals surface area contributed by atoms with E-state index in [1.807, 2.05) is 0 Å². The Bertz CT molecular complexity index is 326. The number of aliphatic hydroxyl groups excluding tert-OH is 1. The summed E-state index contributed by atoms with van der Waals surface area (Å²) < 4.78 is 0. The van der Waals surface area contributed by atoms with Crippen molar-refractivity contribution in [1.82, 2.24) is 10.3 Å². The van der Waals surface area contributed by atoms with Gasteiger partial charge in [-0.15, -0.1) is 11.3 Å². The van der Waals surface area contributed by atoms with E-state index in [4.69, 9.17) is 0 Å². The molecule has 1 aliphatic carbocycles. The van der Waals surface area contributed by atoms with Crippen LogP contribution in [0.5, 0.6) is 0 Å². The third kappa shape index (κ3) is 2.54. The molecule has 0 saturated heterocycles. The number of rotatable bonds is 3. The Hall–Kier alpha value is -0.940. The highest BCUT2D eigenvalue weighted by atomic mass is 32.1. The van der Waals surface area contributed by atoms with Crippen LogP contribution < -0.4 is 5.32 Å². The molecule has 0 bridgehead atoms. The predicted molar refractivity (Wildman–Crippen MR) is 57.8 cm³/mol. The zero-order valence-corrected chi connectivity index (χ0v) is 9.17. The smallest absolute Gasteiger partial charge is 0.270 e. The second kappa shape index (κ2) is 4.72. The lowest BCUT2D eigenvalue weighted by atomic mass is 10.1. The van der Waals surface area contributed by atoms with Gasteiger partial charge in [-0.3, -0.25) is 4.79 Å². The monoisotopic (exact) mass is 226 g/mol. The zero-order valence-electron chi connectivity index (χ0n) is 8.35. The van der Waals surface area contributed by atoms with Crippen LogP contribution in [0.2, 0.25) is 0 Å². The van der Waals surface area contributed by atoms with E-state index in [2.05, 4.69) is 10.3 Å². The summed E-state index contributed by atoms with van der Waals surface area (Å²) >= 11 is 1.41. The van der Waals surface area contributed by atoms with Crippen LogP contribution in [0, 0.1) is 5.92 Å². The molecule has 0 aliphatic heterocycles. The highest BCUT2D eigenvalue weighted by molar-refractivity contribution is 7.07. The van der Waals surface area contributed by atoms with Crippen molar-refractivity contribution in [3.05, 3.63) is 16.6 Å². The average Bonchev–Trinajstić information content (AvgIpc) is 2.85. The predicted octanol–water partition coefficient (Wildman–Crippen LogP) is 1.03. The van der Waals surface area contributed by atoms with E-state index in [1.54, 1.807) is 10.9 Å². The fourth-order valence-electron chi connectivity index (χ4n) is 1.89. The maximum absolute atomic E-state index is 11.5. The zero-order chi connectivity index (χ0) is 10.7. The summed E-state index contributed by atoms with van der Waals surface area (Å²) in [5.74, 6) is 0.0722. The molecule has 2 rings (SSSR count). The quantitative estimate of drug-likeness (QED) is 0.809. The lowest BCUT2D eigenvalue weighted by molar-refractivity contribution is 0.0912. The van der Waals surface area contributed by atoms with Gasteiger partial charge in [-0.05, 0) is 12.8 Å². The van der Waals surface area contributed by atoms with E-state index >= 15 is 0 Å². The summed E-state index contributed by atoms with van der Waals surface area (Å²) in [6.45, 7) is 0.553. The third-order valence-corrected chi connectivity index (χ3v) is 3.40. The van der Waals surface area contributed by atoms with Crippen molar-refractivity contribution in [3.63, 3.8) is 0 Å². The van der Waals surface area contributed by atoms with Gasteiger partial charge in [0.1, 0.15) is 5.69 Å². The second-order valence-corrected chi connectivity index (χ2v) is 4.56. The van der Waals surface area contributed by atoms with Crippen LogP contribution >= 0.6 is 11.3 Å². The first kappa shape index (κ1) is 10.6. The highest BCUT2D eigenvalue weighted by Crippen LogP contribution is 2.24. The Morgan fingerprint density at radius 2 is 2.53 bits per heavy atom. The lowest BCUT2D eigenvalue weighted by Crippen LogP contribution is -2.32. The molecular weight excluding hydrogens is 212 g/mol. The number of hydrogen-bond donors (Lipinski definition) is 2. The van der Waals surface area contributed by atoms with E-state index in [1.165, 1.54) is 11.3 Å². The molecule has 2 N–H and O–H groups in total. The van der Waals surface area contributed by atoms with Gasteiger partial charge >= 0.3 is 0 Å². The van der Waals surface area contributed by atoms with Crippen LogP contribution in [0.3, 0.4) is 0 Å². The van der Waals surface area contributed by atoms with Crippen molar-refractivity contribution < 1.29 is 9.90 Å². The number of aliphatic hydroxyl groups is 1. The Kier molecular flexibility index (Phi) is 3.33. The summed E-state index contributed by atoms with van der Waals surface area (Å²) in [5, 5.41) is 14.1. The Morgan fingerprint density at radius 1 is 1.67 bits per heavy atom. The van der Waals surface area contributed by atoms with Crippen LogP contribution in [0.25, 0.3) is 0 Å². The Morgan fingerprint density at radius 3 is 3.13 bits per heavy atom. The summed E-state index contributed by atoms with van der Waals surface area (Å²) in [5.41, 5.74) is 2.10. The van der Waals surface area contributed by atoms with Crippen LogP contribution in [-0.4, -0.2) is 28.6 Å². The summed E-state index contributed by atoms with van der Waals surface area (Å²) in [6, 6.07) is 0. The van der Waals surface area contributed by atoms with Crippen LogP contribution in [0.4, 0.5) is 0 Å². The van der Waals surface area contributed by atoms with E-state index in [0.717, 1.165) is 19.3 Å². The normalized spacial score (nSPS) is 25.4. The minimum Gasteiger partial charge on any atom is -0.393 e. The summed E-state index contributed by atoms with van der Waals surface area (Å²) in [4.78, 5) is 15.4. The van der Waals surface area contributed by atoms with Gasteiger partial charge in [-0.1, -0.05) is 6.42 Å². The third-order valence-electron chi connectivity index (χ3n) is 2.81. The molecule has 1 aliphatic rings. The molecule has 1 heterocycles. The van der Waals surface area contributed by atoms with Crippen molar-refractivity contribution in [2.24, 2.45) is 5.92 Å². The second-order valence-electron chi connectivity index (χ2n) is 3.84. The van der Waals surface area contributed by atoms with E-state index < -0.39 is 0 Å². The van der Waals surface area contributed by atoms with Gasteiger partial charge in [-0.25, -0.2) is 4.98 Å². The molecule has 1 aromatic heterocycles. The molecule has 2 unspecified atom stereocenters. The molecular formula is C10H14N2O2S. The number of hydrogen-bond acceptors (Lipinski definition) is 4. The largest absolute Gasteiger partial charge is 0.393 e. The summed E-state index contributed by atoms with van der Waals surface area (Å²) in [6.07, 6.45) is 2.66. The molecule has 1 amide bonds. The van der Waals surface area contributed by atoms with Gasteiger partial charge in [0.25, 0.3) is 5.91 Å². The first-order chi connectivity index (χ1) is 7.27. The molecule has 1 fully saturated rings. The lowest BCUT2D eigenvalue weighted by Gasteiger charge is -2.14. The number of thiazole rings is 1. The molecule has 0 spiro atoms. The van der Waals surface area contributed by atoms with Gasteiger partial charge in [0, 0.05) is 17.8 Å². The Balaban J connectivity index is 1.81. The number of carbonyl (C=O) groups is 1. The molecule has 4 nitrogen and oxygen atoms in total. The first-order valence-corrected chi connectivity index (χ1v) is 6.06. The van der Waals surface area contributed by atoms with Crippen LogP contribution in [0.15, 0.2) is 10.9 Å². The SMILES string of the molecule is O=C(NCC1CCCC1O)c1cscn1. The van der Waals surface area contributed by atoms with Crippen molar-refractivity contribution >= 4 is 17.2 Å². The standard InChI is InChI=1S/C10H14N2O2S/c13-9-3-1-2-7(9)4-11-10(14)8-5-15-6-12-8/h5-7,9,13H,1-4H2,(H,11,14). The van der Waals surface area contributed by atoms with E-state index in [9.17, 15) is 9.90 Å². The van der Waals surface area contributed by atoms with Gasteiger partial charge in [0.2, 0.25) is 0 Å². The van der Waals surface area contributed by atoms with Crippen molar-refractivity contribution in [3.8, 4) is 0 Å². The van der Waals surface area contributed by atoms with Gasteiger partial charge < -0.3 is 10.4 Å². The minimum atomic E-state index is -0.249. The fraction of sp³-hybridized carbons (Fsp3) is 0.600. The molecule has 5 heteroatoms. The molecule has 1 aromatic rings. The number of aromatic nitrogens is 1. The Labute approximate surface area is 92.3 Å². The van der Waals surface area contributed by atoms with E-state index in [-0.39, 0.29) is 17.9 Å². The average molecular weight is 226 g/mol. The number of amides is 1. The van der Waals surface area contributed by atoms with Gasteiger partial charge in [0.05, 0.1) is 11.6 Å². The van der Waals surface area contributed by atoms with Crippen LogP contribution in [0.1, 0.15) is 29.8 Å². The van der Waals surface area contributed by atoms with Gasteiger partial charge in [0.15, 0.2) is 0 Å². The molecule has 15 heavy (non-hydrogen) atoms. The highest BCUT2D eigenvalue weighted by Gasteiger charge is 2.25. The van der Waals surface area contributed by atoms with Gasteiger partial charge in [-0.2, -0.15) is 0 Å². The fourth-order valence-corrected chi connectivity index (χ4v) is 2.43. The van der Waals surface area contributed by atoms with Crippen molar-refractivity contribution in [2.45, 2.75) is 25.4 Å². The van der Waals surface area contributed by atoms with Crippen molar-refractivity contribution in [1.29, 1.82) is 0 Å². The molecule has 0 radical (unpaired) electrons. The number of carbonyl (C=O) groups excluding carboxylic acids is 1. The minimum absolute atomic E-state index is 0.143. The maximum atomic E-state index is 11.5. The molecule has 1 saturated carbocycles. The molecule has 2 atom stereocenters. The van der Waals surface area contributed by atoms with E-state index in [0.29, 0.717) is 12.2 Å². The molecule has 0 aromatic carbocycles. The van der Waals surface area contributed by atoms with Crippen LogP contribution in [-0.2, 0) is 0 Å². The summed E-state index contributed by atoms with van der Waals surface area (Å²) in [7, 11) is 0. The first-order valence-electron chi connectivity index (χ1n) is 5.12.